The monoisotopic (exact) mass is 669 g/mol. The van der Waals surface area contributed by atoms with E-state index < -0.39 is 31.1 Å². The van der Waals surface area contributed by atoms with Crippen molar-refractivity contribution in [2.45, 2.75) is 94.3 Å². The van der Waals surface area contributed by atoms with Crippen molar-refractivity contribution >= 4 is 43.1 Å². The molecule has 2 aliphatic rings. The maximum Gasteiger partial charge on any atom is 0.294 e. The zero-order chi connectivity index (χ0) is 34.1. The predicted octanol–water partition coefficient (Wildman–Crippen LogP) is 6.91. The molecule has 2 N–H and O–H groups in total. The molecule has 2 aromatic rings. The summed E-state index contributed by atoms with van der Waals surface area (Å²) in [5.41, 5.74) is 4.34. The van der Waals surface area contributed by atoms with Crippen molar-refractivity contribution < 1.29 is 35.3 Å². The first-order valence-electron chi connectivity index (χ1n) is 15.7. The van der Waals surface area contributed by atoms with Crippen LogP contribution in [0.5, 0.6) is 0 Å². The Morgan fingerprint density at radius 1 is 0.826 bits per heavy atom. The lowest BCUT2D eigenvalue weighted by Gasteiger charge is -2.25. The molecule has 2 aromatic carbocycles. The second-order valence-corrected chi connectivity index (χ2v) is 15.7. The molecule has 9 nitrogen and oxygen atoms in total. The molecule has 0 spiro atoms. The Balaban J connectivity index is 1.63. The number of rotatable bonds is 13. The minimum atomic E-state index is -4.36. The molecule has 11 heteroatoms. The van der Waals surface area contributed by atoms with Gasteiger partial charge in [-0.3, -0.25) is 13.9 Å². The number of carbonyl (C=O) groups is 1. The normalized spacial score (nSPS) is 18.3. The van der Waals surface area contributed by atoms with Gasteiger partial charge in [0.05, 0.1) is 15.2 Å². The van der Waals surface area contributed by atoms with Crippen molar-refractivity contribution in [3.8, 4) is 0 Å². The molecule has 0 bridgehead atoms. The Kier molecular flexibility index (Phi) is 10.3. The fraction of sp³-hybridized carbons (Fsp3) is 0.429. The maximum absolute atomic E-state index is 11.9. The summed E-state index contributed by atoms with van der Waals surface area (Å²) >= 11 is 0. The SMILES string of the molecule is CCC(=O)CCCCC[N+]1=C(/C=C/C=C/C=C2\N(CC)c3ccc(S(=O)(=O)O)cc3C2(C)C)C(C)(C)c2cc(S(=O)(=O)O)ccc21. The van der Waals surface area contributed by atoms with Gasteiger partial charge >= 0.3 is 0 Å². The lowest BCUT2D eigenvalue weighted by molar-refractivity contribution is -0.438. The number of likely N-dealkylation sites (N-methyl/N-ethyl adjacent to an activating group) is 1. The van der Waals surface area contributed by atoms with E-state index in [0.717, 1.165) is 53.2 Å². The lowest BCUT2D eigenvalue weighted by atomic mass is 9.81. The maximum atomic E-state index is 11.9. The van der Waals surface area contributed by atoms with E-state index in [0.29, 0.717) is 25.9 Å². The van der Waals surface area contributed by atoms with Crippen molar-refractivity contribution in [3.05, 3.63) is 83.6 Å². The van der Waals surface area contributed by atoms with Crippen LogP contribution in [-0.2, 0) is 35.9 Å². The van der Waals surface area contributed by atoms with E-state index in [4.69, 9.17) is 0 Å². The number of carbonyl (C=O) groups excluding carboxylic acids is 1. The van der Waals surface area contributed by atoms with Gasteiger partial charge in [0.15, 0.2) is 5.71 Å². The summed E-state index contributed by atoms with van der Waals surface area (Å²) in [7, 11) is -8.69. The number of allylic oxidation sites excluding steroid dienone is 6. The molecular weight excluding hydrogens is 625 g/mol. The Morgan fingerprint density at radius 2 is 1.46 bits per heavy atom. The number of anilines is 1. The Labute approximate surface area is 273 Å². The minimum absolute atomic E-state index is 0.130. The van der Waals surface area contributed by atoms with Crippen LogP contribution < -0.4 is 4.90 Å². The number of fused-ring (bicyclic) bond motifs is 2. The first-order chi connectivity index (χ1) is 21.4. The van der Waals surface area contributed by atoms with E-state index in [1.807, 2.05) is 71.9 Å². The zero-order valence-corrected chi connectivity index (χ0v) is 29.1. The van der Waals surface area contributed by atoms with Gasteiger partial charge in [-0.15, -0.1) is 0 Å². The van der Waals surface area contributed by atoms with Gasteiger partial charge in [-0.05, 0) is 75.6 Å². The second-order valence-electron chi connectivity index (χ2n) is 12.8. The minimum Gasteiger partial charge on any atom is -0.344 e. The van der Waals surface area contributed by atoms with Crippen LogP contribution in [0.2, 0.25) is 0 Å². The predicted molar refractivity (Wildman–Crippen MR) is 182 cm³/mol. The number of unbranched alkanes of at least 4 members (excludes halogenated alkanes) is 2. The summed E-state index contributed by atoms with van der Waals surface area (Å²) in [6.07, 6.45) is 13.5. The van der Waals surface area contributed by atoms with E-state index >= 15 is 0 Å². The quantitative estimate of drug-likeness (QED) is 0.102. The number of hydrogen-bond acceptors (Lipinski definition) is 6. The van der Waals surface area contributed by atoms with Crippen LogP contribution in [0.25, 0.3) is 0 Å². The van der Waals surface area contributed by atoms with E-state index in [1.54, 1.807) is 18.2 Å². The average Bonchev–Trinajstić information content (AvgIpc) is 3.33. The molecule has 0 aliphatic carbocycles. The molecule has 0 saturated heterocycles. The van der Waals surface area contributed by atoms with Crippen LogP contribution in [-0.4, -0.2) is 55.1 Å². The first kappa shape index (κ1) is 35.5. The summed E-state index contributed by atoms with van der Waals surface area (Å²) in [6.45, 7) is 13.4. The number of Topliss-reactive ketones (excluding diaryl/α,β-unsaturated/α-hetero) is 1. The smallest absolute Gasteiger partial charge is 0.294 e. The molecule has 0 saturated carbocycles. The average molecular weight is 670 g/mol. The molecule has 4 rings (SSSR count). The molecule has 0 fully saturated rings. The molecule has 0 aromatic heterocycles. The number of ketones is 1. The topological polar surface area (TPSA) is 132 Å². The molecular formula is C35H45N2O7S2+. The van der Waals surface area contributed by atoms with Crippen LogP contribution in [0.3, 0.4) is 0 Å². The fourth-order valence-electron chi connectivity index (χ4n) is 6.51. The third-order valence-electron chi connectivity index (χ3n) is 9.10. The van der Waals surface area contributed by atoms with Gasteiger partial charge in [-0.2, -0.15) is 21.4 Å². The fourth-order valence-corrected chi connectivity index (χ4v) is 7.53. The third kappa shape index (κ3) is 7.12. The van der Waals surface area contributed by atoms with Gasteiger partial charge in [0.2, 0.25) is 5.69 Å². The number of benzene rings is 2. The molecule has 46 heavy (non-hydrogen) atoms. The Morgan fingerprint density at radius 3 is 2.07 bits per heavy atom. The van der Waals surface area contributed by atoms with Crippen molar-refractivity contribution in [1.29, 1.82) is 0 Å². The van der Waals surface area contributed by atoms with Crippen molar-refractivity contribution in [1.82, 2.24) is 0 Å². The molecule has 2 aliphatic heterocycles. The van der Waals surface area contributed by atoms with E-state index in [9.17, 15) is 30.7 Å². The van der Waals surface area contributed by atoms with Gasteiger partial charge in [-0.1, -0.05) is 39.0 Å². The molecule has 0 radical (unpaired) electrons. The molecule has 0 atom stereocenters. The van der Waals surface area contributed by atoms with Crippen LogP contribution in [0, 0.1) is 0 Å². The Hall–Kier alpha value is -3.38. The second kappa shape index (κ2) is 13.4. The highest BCUT2D eigenvalue weighted by Crippen LogP contribution is 2.48. The number of nitrogens with zero attached hydrogens (tertiary/aromatic N) is 2. The van der Waals surface area contributed by atoms with E-state index in [-0.39, 0.29) is 15.6 Å². The highest BCUT2D eigenvalue weighted by molar-refractivity contribution is 7.86. The van der Waals surface area contributed by atoms with Crippen molar-refractivity contribution in [3.63, 3.8) is 0 Å². The van der Waals surface area contributed by atoms with Crippen molar-refractivity contribution in [2.75, 3.05) is 18.0 Å². The summed E-state index contributed by atoms with van der Waals surface area (Å²) in [6, 6.07) is 9.41. The number of hydrogen-bond donors (Lipinski definition) is 2. The van der Waals surface area contributed by atoms with Crippen molar-refractivity contribution in [2.24, 2.45) is 0 Å². The van der Waals surface area contributed by atoms with Crippen LogP contribution in [0.4, 0.5) is 11.4 Å². The standard InChI is InChI=1S/C35H44N2O7S2/c1-7-25(38)15-11-10-14-22-37-31-21-19-27(46(42,43)44)24-29(31)35(5,6)33(37)17-13-9-12-16-32-34(3,4)28-23-26(45(39,40)41)18-20-30(28)36(32)8-2/h9,12-13,16-21,23-24H,7-8,10-11,14-15,22H2,1-6H3,(H-,39,40,41,42,43,44)/p+1. The molecule has 248 valence electrons. The highest BCUT2D eigenvalue weighted by Gasteiger charge is 2.45. The van der Waals surface area contributed by atoms with E-state index in [1.165, 1.54) is 18.2 Å². The summed E-state index contributed by atoms with van der Waals surface area (Å²) < 4.78 is 69.0. The molecule has 0 amide bonds. The summed E-state index contributed by atoms with van der Waals surface area (Å²) in [5, 5.41) is 0. The van der Waals surface area contributed by atoms with Gasteiger partial charge < -0.3 is 4.90 Å². The van der Waals surface area contributed by atoms with Crippen LogP contribution in [0.15, 0.2) is 82.3 Å². The molecule has 2 heterocycles. The largest absolute Gasteiger partial charge is 0.344 e. The van der Waals surface area contributed by atoms with Crippen LogP contribution in [0.1, 0.15) is 84.8 Å². The summed E-state index contributed by atoms with van der Waals surface area (Å²) in [4.78, 5) is 13.6. The van der Waals surface area contributed by atoms with Gasteiger partial charge in [0.1, 0.15) is 12.3 Å². The third-order valence-corrected chi connectivity index (χ3v) is 10.8. The zero-order valence-electron chi connectivity index (χ0n) is 27.4. The van der Waals surface area contributed by atoms with Gasteiger partial charge in [0.25, 0.3) is 20.2 Å². The Bertz CT molecular complexity index is 1870. The highest BCUT2D eigenvalue weighted by atomic mass is 32.2. The molecule has 0 unspecified atom stereocenters. The van der Waals surface area contributed by atoms with E-state index in [2.05, 4.69) is 9.48 Å². The van der Waals surface area contributed by atoms with Crippen LogP contribution >= 0.6 is 0 Å². The van der Waals surface area contributed by atoms with Gasteiger partial charge in [-0.25, -0.2) is 0 Å². The van der Waals surface area contributed by atoms with Gasteiger partial charge in [0, 0.05) is 60.3 Å². The first-order valence-corrected chi connectivity index (χ1v) is 18.6. The lowest BCUT2D eigenvalue weighted by Crippen LogP contribution is -2.28. The summed E-state index contributed by atoms with van der Waals surface area (Å²) in [5.74, 6) is 0.261.